The van der Waals surface area contributed by atoms with Gasteiger partial charge in [0.2, 0.25) is 5.43 Å². The minimum absolute atomic E-state index is 0.242. The third-order valence-corrected chi connectivity index (χ3v) is 2.43. The molecule has 5 heteroatoms. The lowest BCUT2D eigenvalue weighted by Crippen LogP contribution is -2.19. The van der Waals surface area contributed by atoms with Gasteiger partial charge in [0.25, 0.3) is 0 Å². The van der Waals surface area contributed by atoms with Crippen LogP contribution in [0.5, 0.6) is 0 Å². The van der Waals surface area contributed by atoms with Crippen molar-refractivity contribution in [1.82, 2.24) is 9.97 Å². The van der Waals surface area contributed by atoms with Crippen LogP contribution < -0.4 is 5.43 Å². The number of nitrogens with one attached hydrogen (secondary N) is 1. The average molecular weight is 230 g/mol. The molecule has 0 unspecified atom stereocenters. The Hall–Kier alpha value is -2.43. The van der Waals surface area contributed by atoms with Gasteiger partial charge in [-0.1, -0.05) is 6.07 Å². The number of carbonyl (C=O) groups is 1. The van der Waals surface area contributed by atoms with Crippen molar-refractivity contribution in [2.45, 2.75) is 6.92 Å². The van der Waals surface area contributed by atoms with E-state index in [4.69, 9.17) is 5.11 Å². The number of aromatic amines is 1. The molecule has 2 heterocycles. The van der Waals surface area contributed by atoms with E-state index >= 15 is 0 Å². The van der Waals surface area contributed by atoms with Gasteiger partial charge in [0, 0.05) is 18.1 Å². The van der Waals surface area contributed by atoms with Gasteiger partial charge < -0.3 is 10.1 Å². The number of rotatable bonds is 2. The highest BCUT2D eigenvalue weighted by atomic mass is 16.4. The second-order valence-electron chi connectivity index (χ2n) is 3.55. The molecular formula is C12H10N2O3. The van der Waals surface area contributed by atoms with Crippen LogP contribution in [0.1, 0.15) is 16.1 Å². The molecule has 0 saturated heterocycles. The summed E-state index contributed by atoms with van der Waals surface area (Å²) in [6.07, 6.45) is 3.03. The van der Waals surface area contributed by atoms with E-state index < -0.39 is 11.4 Å². The molecule has 0 fully saturated rings. The zero-order valence-electron chi connectivity index (χ0n) is 9.10. The minimum Gasteiger partial charge on any atom is -0.477 e. The maximum absolute atomic E-state index is 12.0. The van der Waals surface area contributed by atoms with E-state index in [1.54, 1.807) is 31.3 Å². The van der Waals surface area contributed by atoms with Gasteiger partial charge in [-0.15, -0.1) is 0 Å². The monoisotopic (exact) mass is 230 g/mol. The number of aryl methyl sites for hydroxylation is 1. The second-order valence-corrected chi connectivity index (χ2v) is 3.55. The van der Waals surface area contributed by atoms with E-state index in [2.05, 4.69) is 9.97 Å². The first-order valence-corrected chi connectivity index (χ1v) is 4.98. The van der Waals surface area contributed by atoms with Gasteiger partial charge in [-0.05, 0) is 19.1 Å². The highest BCUT2D eigenvalue weighted by Gasteiger charge is 2.16. The molecule has 0 amide bonds. The van der Waals surface area contributed by atoms with Crippen LogP contribution in [0.15, 0.2) is 35.4 Å². The summed E-state index contributed by atoms with van der Waals surface area (Å²) in [6, 6.07) is 5.12. The lowest BCUT2D eigenvalue weighted by molar-refractivity contribution is 0.0694. The number of H-pyrrole nitrogens is 1. The van der Waals surface area contributed by atoms with Crippen molar-refractivity contribution in [3.05, 3.63) is 52.1 Å². The number of pyridine rings is 2. The zero-order chi connectivity index (χ0) is 12.4. The number of hydrogen-bond donors (Lipinski definition) is 2. The molecule has 17 heavy (non-hydrogen) atoms. The summed E-state index contributed by atoms with van der Waals surface area (Å²) in [7, 11) is 0. The molecule has 0 atom stereocenters. The van der Waals surface area contributed by atoms with Gasteiger partial charge in [-0.25, -0.2) is 4.79 Å². The standard InChI is InChI=1S/C12H10N2O3/c1-7-10(12(16)17)11(15)8(6-14-7)9-4-2-3-5-13-9/h2-6H,1H3,(H,14,15)(H,16,17). The number of nitrogens with zero attached hydrogens (tertiary/aromatic N) is 1. The summed E-state index contributed by atoms with van der Waals surface area (Å²) in [5.74, 6) is -1.23. The molecule has 0 aliphatic carbocycles. The van der Waals surface area contributed by atoms with Crippen molar-refractivity contribution < 1.29 is 9.90 Å². The number of aromatic carboxylic acids is 1. The zero-order valence-corrected chi connectivity index (χ0v) is 9.10. The van der Waals surface area contributed by atoms with Crippen LogP contribution in [0, 0.1) is 6.92 Å². The quantitative estimate of drug-likeness (QED) is 0.817. The van der Waals surface area contributed by atoms with Crippen LogP contribution >= 0.6 is 0 Å². The van der Waals surface area contributed by atoms with Crippen LogP contribution in [0.3, 0.4) is 0 Å². The summed E-state index contributed by atoms with van der Waals surface area (Å²) in [4.78, 5) is 29.8. The number of hydrogen-bond acceptors (Lipinski definition) is 3. The van der Waals surface area contributed by atoms with Crippen molar-refractivity contribution in [3.63, 3.8) is 0 Å². The molecule has 86 valence electrons. The molecule has 0 spiro atoms. The Labute approximate surface area is 96.8 Å². The van der Waals surface area contributed by atoms with Gasteiger partial charge in [0.15, 0.2) is 0 Å². The first-order chi connectivity index (χ1) is 8.11. The summed E-state index contributed by atoms with van der Waals surface area (Å²) in [6.45, 7) is 1.55. The molecule has 0 aliphatic rings. The Kier molecular flexibility index (Phi) is 2.74. The molecule has 0 bridgehead atoms. The van der Waals surface area contributed by atoms with Crippen molar-refractivity contribution >= 4 is 5.97 Å². The lowest BCUT2D eigenvalue weighted by Gasteiger charge is -2.04. The highest BCUT2D eigenvalue weighted by Crippen LogP contribution is 2.12. The molecule has 0 aliphatic heterocycles. The van der Waals surface area contributed by atoms with Gasteiger partial charge >= 0.3 is 5.97 Å². The van der Waals surface area contributed by atoms with E-state index in [-0.39, 0.29) is 11.1 Å². The van der Waals surface area contributed by atoms with Crippen molar-refractivity contribution in [1.29, 1.82) is 0 Å². The Balaban J connectivity index is 2.71. The van der Waals surface area contributed by atoms with Crippen molar-refractivity contribution in [3.8, 4) is 11.3 Å². The molecule has 2 N–H and O–H groups in total. The van der Waals surface area contributed by atoms with Crippen LogP contribution in [0.4, 0.5) is 0 Å². The van der Waals surface area contributed by atoms with Gasteiger partial charge in [0.05, 0.1) is 11.3 Å². The SMILES string of the molecule is Cc1[nH]cc(-c2ccccn2)c(=O)c1C(=O)O. The molecule has 0 radical (unpaired) electrons. The molecular weight excluding hydrogens is 220 g/mol. The number of aromatic nitrogens is 2. The maximum atomic E-state index is 12.0. The first-order valence-electron chi connectivity index (χ1n) is 4.98. The summed E-state index contributed by atoms with van der Waals surface area (Å²) in [5, 5.41) is 8.98. The molecule has 2 aromatic heterocycles. The number of carboxylic acids is 1. The fourth-order valence-electron chi connectivity index (χ4n) is 1.59. The Morgan fingerprint density at radius 1 is 1.41 bits per heavy atom. The summed E-state index contributed by atoms with van der Waals surface area (Å²) < 4.78 is 0. The van der Waals surface area contributed by atoms with E-state index in [9.17, 15) is 9.59 Å². The highest BCUT2D eigenvalue weighted by molar-refractivity contribution is 5.90. The third-order valence-electron chi connectivity index (χ3n) is 2.43. The van der Waals surface area contributed by atoms with E-state index in [1.165, 1.54) is 6.20 Å². The summed E-state index contributed by atoms with van der Waals surface area (Å²) >= 11 is 0. The van der Waals surface area contributed by atoms with Crippen LogP contribution in [-0.2, 0) is 0 Å². The third kappa shape index (κ3) is 1.94. The van der Waals surface area contributed by atoms with E-state index in [0.29, 0.717) is 11.4 Å². The molecule has 2 aromatic rings. The fourth-order valence-corrected chi connectivity index (χ4v) is 1.59. The average Bonchev–Trinajstić information content (AvgIpc) is 2.30. The van der Waals surface area contributed by atoms with Gasteiger partial charge in [-0.2, -0.15) is 0 Å². The maximum Gasteiger partial charge on any atom is 0.341 e. The Morgan fingerprint density at radius 3 is 2.76 bits per heavy atom. The smallest absolute Gasteiger partial charge is 0.341 e. The second kappa shape index (κ2) is 4.21. The van der Waals surface area contributed by atoms with E-state index in [0.717, 1.165) is 0 Å². The largest absolute Gasteiger partial charge is 0.477 e. The minimum atomic E-state index is -1.23. The Bertz CT molecular complexity index is 617. The molecule has 0 saturated carbocycles. The predicted molar refractivity (Wildman–Crippen MR) is 62.0 cm³/mol. The Morgan fingerprint density at radius 2 is 2.18 bits per heavy atom. The molecule has 5 nitrogen and oxygen atoms in total. The summed E-state index contributed by atoms with van der Waals surface area (Å²) in [5.41, 5.74) is 0.285. The van der Waals surface area contributed by atoms with Crippen molar-refractivity contribution in [2.24, 2.45) is 0 Å². The first kappa shape index (κ1) is 11.1. The number of carboxylic acid groups (broad SMARTS) is 1. The predicted octanol–water partition coefficient (Wildman–Crippen LogP) is 1.44. The van der Waals surface area contributed by atoms with Gasteiger partial charge in [-0.3, -0.25) is 9.78 Å². The van der Waals surface area contributed by atoms with Crippen molar-refractivity contribution in [2.75, 3.05) is 0 Å². The molecule has 2 rings (SSSR count). The van der Waals surface area contributed by atoms with Crippen LogP contribution in [-0.4, -0.2) is 21.0 Å². The van der Waals surface area contributed by atoms with Crippen LogP contribution in [0.2, 0.25) is 0 Å². The fraction of sp³-hybridized carbons (Fsp3) is 0.0833. The van der Waals surface area contributed by atoms with Crippen LogP contribution in [0.25, 0.3) is 11.3 Å². The molecule has 0 aromatic carbocycles. The lowest BCUT2D eigenvalue weighted by atomic mass is 10.1. The van der Waals surface area contributed by atoms with E-state index in [1.807, 2.05) is 0 Å². The topological polar surface area (TPSA) is 83.0 Å². The normalized spacial score (nSPS) is 10.2. The van der Waals surface area contributed by atoms with Gasteiger partial charge in [0.1, 0.15) is 5.56 Å².